The topological polar surface area (TPSA) is 84.7 Å². The second-order valence-electron chi connectivity index (χ2n) is 7.93. The number of piperazine rings is 1. The average Bonchev–Trinajstić information content (AvgIpc) is 2.88. The lowest BCUT2D eigenvalue weighted by Crippen LogP contribution is -2.51. The third-order valence-electron chi connectivity index (χ3n) is 5.83. The van der Waals surface area contributed by atoms with Gasteiger partial charge in [-0.25, -0.2) is 9.78 Å². The van der Waals surface area contributed by atoms with Crippen molar-refractivity contribution in [3.05, 3.63) is 64.4 Å². The number of carbonyl (C=O) groups excluding carboxylic acids is 2. The van der Waals surface area contributed by atoms with Crippen LogP contribution in [0.4, 0.5) is 4.79 Å². The first kappa shape index (κ1) is 23.8. The standard InChI is InChI=1S/C25H28N4O4S/c1-3-18-9-11-19(12-10-18)29-23(31)20-7-5-6-8-21(20)26-24(29)34-17-22(30)27-13-15-28(16-14-27)25(32)33-4-2/h5-12H,3-4,13-17H2,1-2H3. The molecule has 4 rings (SSSR count). The van der Waals surface area contributed by atoms with Crippen molar-refractivity contribution in [2.24, 2.45) is 0 Å². The van der Waals surface area contributed by atoms with Crippen LogP contribution in [-0.2, 0) is 16.0 Å². The van der Waals surface area contributed by atoms with E-state index in [0.717, 1.165) is 12.1 Å². The van der Waals surface area contributed by atoms with E-state index in [0.29, 0.717) is 48.8 Å². The van der Waals surface area contributed by atoms with Crippen molar-refractivity contribution < 1.29 is 14.3 Å². The van der Waals surface area contributed by atoms with Crippen molar-refractivity contribution in [3.63, 3.8) is 0 Å². The minimum absolute atomic E-state index is 0.0520. The molecule has 2 aromatic carbocycles. The lowest BCUT2D eigenvalue weighted by atomic mass is 10.1. The molecule has 0 atom stereocenters. The zero-order valence-electron chi connectivity index (χ0n) is 19.4. The lowest BCUT2D eigenvalue weighted by Gasteiger charge is -2.34. The molecule has 0 bridgehead atoms. The molecule has 9 heteroatoms. The largest absolute Gasteiger partial charge is 0.450 e. The molecule has 34 heavy (non-hydrogen) atoms. The van der Waals surface area contributed by atoms with Crippen LogP contribution in [0.15, 0.2) is 58.5 Å². The van der Waals surface area contributed by atoms with Gasteiger partial charge in [-0.05, 0) is 43.2 Å². The summed E-state index contributed by atoms with van der Waals surface area (Å²) >= 11 is 1.25. The molecular formula is C25H28N4O4S. The van der Waals surface area contributed by atoms with E-state index in [1.54, 1.807) is 27.4 Å². The molecule has 0 N–H and O–H groups in total. The number of benzene rings is 2. The number of rotatable bonds is 6. The summed E-state index contributed by atoms with van der Waals surface area (Å²) in [7, 11) is 0. The van der Waals surface area contributed by atoms with Crippen LogP contribution in [0.3, 0.4) is 0 Å². The Morgan fingerprint density at radius 1 is 0.971 bits per heavy atom. The molecule has 0 unspecified atom stereocenters. The van der Waals surface area contributed by atoms with Gasteiger partial charge in [0, 0.05) is 26.2 Å². The van der Waals surface area contributed by atoms with Gasteiger partial charge in [0.15, 0.2) is 5.16 Å². The normalized spacial score (nSPS) is 13.8. The van der Waals surface area contributed by atoms with Crippen LogP contribution >= 0.6 is 11.8 Å². The van der Waals surface area contributed by atoms with Crippen molar-refractivity contribution in [3.8, 4) is 5.69 Å². The lowest BCUT2D eigenvalue weighted by molar-refractivity contribution is -0.129. The molecule has 2 heterocycles. The molecule has 0 aliphatic carbocycles. The molecule has 2 amide bonds. The average molecular weight is 481 g/mol. The van der Waals surface area contributed by atoms with Crippen molar-refractivity contribution in [1.82, 2.24) is 19.4 Å². The van der Waals surface area contributed by atoms with Gasteiger partial charge in [0.05, 0.1) is 29.0 Å². The number of aryl methyl sites for hydroxylation is 1. The number of thioether (sulfide) groups is 1. The summed E-state index contributed by atoms with van der Waals surface area (Å²) in [5.41, 5.74) is 2.34. The maximum atomic E-state index is 13.4. The molecule has 1 saturated heterocycles. The van der Waals surface area contributed by atoms with Gasteiger partial charge in [0.1, 0.15) is 0 Å². The molecule has 178 valence electrons. The van der Waals surface area contributed by atoms with Crippen molar-refractivity contribution in [2.75, 3.05) is 38.5 Å². The van der Waals surface area contributed by atoms with E-state index in [1.165, 1.54) is 17.3 Å². The van der Waals surface area contributed by atoms with E-state index >= 15 is 0 Å². The number of para-hydroxylation sites is 1. The summed E-state index contributed by atoms with van der Waals surface area (Å²) in [6, 6.07) is 15.1. The van der Waals surface area contributed by atoms with E-state index in [4.69, 9.17) is 9.72 Å². The fraction of sp³-hybridized carbons (Fsp3) is 0.360. The van der Waals surface area contributed by atoms with Crippen LogP contribution < -0.4 is 5.56 Å². The van der Waals surface area contributed by atoms with E-state index in [-0.39, 0.29) is 23.3 Å². The number of hydrogen-bond donors (Lipinski definition) is 0. The van der Waals surface area contributed by atoms with Gasteiger partial charge in [-0.1, -0.05) is 43.0 Å². The molecule has 0 spiro atoms. The molecule has 0 radical (unpaired) electrons. The Bertz CT molecular complexity index is 1230. The van der Waals surface area contributed by atoms with Crippen LogP contribution in [-0.4, -0.2) is 69.9 Å². The van der Waals surface area contributed by atoms with E-state index in [2.05, 4.69) is 6.92 Å². The highest BCUT2D eigenvalue weighted by molar-refractivity contribution is 7.99. The fourth-order valence-electron chi connectivity index (χ4n) is 3.89. The Kier molecular flexibility index (Phi) is 7.52. The SMILES string of the molecule is CCOC(=O)N1CCN(C(=O)CSc2nc3ccccc3c(=O)n2-c2ccc(CC)cc2)CC1. The van der Waals surface area contributed by atoms with Crippen molar-refractivity contribution >= 4 is 34.7 Å². The number of fused-ring (bicyclic) bond motifs is 1. The van der Waals surface area contributed by atoms with Crippen LogP contribution in [0.25, 0.3) is 16.6 Å². The smallest absolute Gasteiger partial charge is 0.409 e. The molecule has 1 aliphatic rings. The van der Waals surface area contributed by atoms with E-state index in [1.807, 2.05) is 42.5 Å². The first-order valence-electron chi connectivity index (χ1n) is 11.4. The molecule has 8 nitrogen and oxygen atoms in total. The van der Waals surface area contributed by atoms with Gasteiger partial charge in [0.2, 0.25) is 5.91 Å². The second kappa shape index (κ2) is 10.7. The molecule has 1 aliphatic heterocycles. The van der Waals surface area contributed by atoms with Gasteiger partial charge in [-0.2, -0.15) is 0 Å². The Balaban J connectivity index is 1.54. The maximum Gasteiger partial charge on any atom is 0.409 e. The summed E-state index contributed by atoms with van der Waals surface area (Å²) in [5.74, 6) is 0.0980. The number of amides is 2. The summed E-state index contributed by atoms with van der Waals surface area (Å²) in [6.45, 7) is 5.97. The number of ether oxygens (including phenoxy) is 1. The van der Waals surface area contributed by atoms with E-state index < -0.39 is 0 Å². The third-order valence-corrected chi connectivity index (χ3v) is 6.75. The second-order valence-corrected chi connectivity index (χ2v) is 8.87. The molecule has 1 aromatic heterocycles. The summed E-state index contributed by atoms with van der Waals surface area (Å²) < 4.78 is 6.62. The number of aromatic nitrogens is 2. The first-order chi connectivity index (χ1) is 16.5. The Labute approximate surface area is 202 Å². The van der Waals surface area contributed by atoms with Crippen LogP contribution in [0, 0.1) is 0 Å². The monoisotopic (exact) mass is 480 g/mol. The summed E-state index contributed by atoms with van der Waals surface area (Å²) in [6.07, 6.45) is 0.562. The van der Waals surface area contributed by atoms with Gasteiger partial charge in [0.25, 0.3) is 5.56 Å². The predicted molar refractivity (Wildman–Crippen MR) is 133 cm³/mol. The molecule has 0 saturated carbocycles. The van der Waals surface area contributed by atoms with Gasteiger partial charge >= 0.3 is 6.09 Å². The van der Waals surface area contributed by atoms with Gasteiger partial charge in [-0.3, -0.25) is 14.2 Å². The maximum absolute atomic E-state index is 13.4. The van der Waals surface area contributed by atoms with Crippen molar-refractivity contribution in [1.29, 1.82) is 0 Å². The molecule has 3 aromatic rings. The number of carbonyl (C=O) groups is 2. The van der Waals surface area contributed by atoms with Gasteiger partial charge in [-0.15, -0.1) is 0 Å². The predicted octanol–water partition coefficient (Wildman–Crippen LogP) is 3.34. The highest BCUT2D eigenvalue weighted by Gasteiger charge is 2.25. The third kappa shape index (κ3) is 5.09. The quantitative estimate of drug-likeness (QED) is 0.397. The minimum atomic E-state index is -0.345. The first-order valence-corrected chi connectivity index (χ1v) is 12.4. The zero-order chi connectivity index (χ0) is 24.1. The highest BCUT2D eigenvalue weighted by Crippen LogP contribution is 2.22. The molecule has 1 fully saturated rings. The number of hydrogen-bond acceptors (Lipinski definition) is 6. The van der Waals surface area contributed by atoms with Gasteiger partial charge < -0.3 is 14.5 Å². The Morgan fingerprint density at radius 3 is 2.32 bits per heavy atom. The zero-order valence-corrected chi connectivity index (χ0v) is 20.2. The van der Waals surface area contributed by atoms with Crippen LogP contribution in [0.1, 0.15) is 19.4 Å². The Morgan fingerprint density at radius 2 is 1.65 bits per heavy atom. The van der Waals surface area contributed by atoms with E-state index in [9.17, 15) is 14.4 Å². The van der Waals surface area contributed by atoms with Crippen LogP contribution in [0.5, 0.6) is 0 Å². The highest BCUT2D eigenvalue weighted by atomic mass is 32.2. The number of nitrogens with zero attached hydrogens (tertiary/aromatic N) is 4. The van der Waals surface area contributed by atoms with Crippen molar-refractivity contribution in [2.45, 2.75) is 25.4 Å². The summed E-state index contributed by atoms with van der Waals surface area (Å²) in [4.78, 5) is 46.2. The summed E-state index contributed by atoms with van der Waals surface area (Å²) in [5, 5.41) is 1.01. The Hall–Kier alpha value is -3.33. The fourth-order valence-corrected chi connectivity index (χ4v) is 4.80. The minimum Gasteiger partial charge on any atom is -0.450 e. The molecular weight excluding hydrogens is 452 g/mol. The van der Waals surface area contributed by atoms with Crippen LogP contribution in [0.2, 0.25) is 0 Å².